The molecule has 22 heavy (non-hydrogen) atoms. The molecule has 0 spiro atoms. The fraction of sp³-hybridized carbons (Fsp3) is 0.188. The van der Waals surface area contributed by atoms with E-state index in [1.54, 1.807) is 30.5 Å². The maximum Gasteiger partial charge on any atom is 0.337 e. The molecule has 1 aromatic carbocycles. The van der Waals surface area contributed by atoms with Crippen molar-refractivity contribution < 1.29 is 14.3 Å². The third kappa shape index (κ3) is 4.59. The molecule has 2 amide bonds. The summed E-state index contributed by atoms with van der Waals surface area (Å²) in [7, 11) is 1.34. The molecule has 6 heteroatoms. The van der Waals surface area contributed by atoms with E-state index in [0.717, 1.165) is 11.3 Å². The third-order valence-electron chi connectivity index (χ3n) is 2.98. The summed E-state index contributed by atoms with van der Waals surface area (Å²) in [6, 6.07) is 12.1. The van der Waals surface area contributed by atoms with Crippen LogP contribution >= 0.6 is 0 Å². The number of carbonyl (C=O) groups excluding carboxylic acids is 2. The Labute approximate surface area is 128 Å². The number of nitrogens with zero attached hydrogens (tertiary/aromatic N) is 1. The zero-order valence-electron chi connectivity index (χ0n) is 12.2. The lowest BCUT2D eigenvalue weighted by Gasteiger charge is -2.08. The molecule has 0 aliphatic carbocycles. The van der Waals surface area contributed by atoms with Gasteiger partial charge in [0.1, 0.15) is 0 Å². The Morgan fingerprint density at radius 1 is 1.05 bits per heavy atom. The van der Waals surface area contributed by atoms with Gasteiger partial charge in [-0.1, -0.05) is 18.2 Å². The summed E-state index contributed by atoms with van der Waals surface area (Å²) in [5.74, 6) is -0.382. The van der Waals surface area contributed by atoms with Crippen LogP contribution in [0.3, 0.4) is 0 Å². The van der Waals surface area contributed by atoms with Crippen LogP contribution in [0.2, 0.25) is 0 Å². The first kappa shape index (κ1) is 15.5. The van der Waals surface area contributed by atoms with Crippen molar-refractivity contribution in [2.75, 3.05) is 7.11 Å². The van der Waals surface area contributed by atoms with Gasteiger partial charge in [-0.3, -0.25) is 4.98 Å². The van der Waals surface area contributed by atoms with E-state index in [4.69, 9.17) is 0 Å². The zero-order valence-corrected chi connectivity index (χ0v) is 12.2. The van der Waals surface area contributed by atoms with Crippen LogP contribution < -0.4 is 10.6 Å². The minimum Gasteiger partial charge on any atom is -0.465 e. The van der Waals surface area contributed by atoms with Crippen LogP contribution in [0.4, 0.5) is 4.79 Å². The number of ether oxygens (including phenoxy) is 1. The molecule has 1 heterocycles. The number of rotatable bonds is 5. The van der Waals surface area contributed by atoms with Crippen LogP contribution in [-0.4, -0.2) is 24.1 Å². The number of urea groups is 1. The van der Waals surface area contributed by atoms with Crippen LogP contribution in [0.5, 0.6) is 0 Å². The first-order valence-electron chi connectivity index (χ1n) is 6.78. The highest BCUT2D eigenvalue weighted by molar-refractivity contribution is 5.89. The van der Waals surface area contributed by atoms with Gasteiger partial charge >= 0.3 is 12.0 Å². The summed E-state index contributed by atoms with van der Waals surface area (Å²) in [4.78, 5) is 27.1. The number of amides is 2. The summed E-state index contributed by atoms with van der Waals surface area (Å²) in [6.07, 6.45) is 1.68. The van der Waals surface area contributed by atoms with Gasteiger partial charge < -0.3 is 15.4 Å². The zero-order chi connectivity index (χ0) is 15.8. The van der Waals surface area contributed by atoms with E-state index < -0.39 is 0 Å². The average Bonchev–Trinajstić information content (AvgIpc) is 2.58. The smallest absolute Gasteiger partial charge is 0.337 e. The Kier molecular flexibility index (Phi) is 5.48. The lowest BCUT2D eigenvalue weighted by atomic mass is 10.1. The standard InChI is InChI=1S/C16H17N3O3/c1-22-15(20)13-7-5-12(6-8-13)10-18-16(21)19-11-14-4-2-3-9-17-14/h2-9H,10-11H2,1H3,(H2,18,19,21). The lowest BCUT2D eigenvalue weighted by molar-refractivity contribution is 0.0600. The van der Waals surface area contributed by atoms with Crippen molar-refractivity contribution in [3.05, 3.63) is 65.5 Å². The second kappa shape index (κ2) is 7.78. The Balaban J connectivity index is 1.77. The molecular formula is C16H17N3O3. The van der Waals surface area contributed by atoms with Crippen LogP contribution in [0.25, 0.3) is 0 Å². The van der Waals surface area contributed by atoms with E-state index in [1.807, 2.05) is 18.2 Å². The van der Waals surface area contributed by atoms with E-state index in [9.17, 15) is 9.59 Å². The third-order valence-corrected chi connectivity index (χ3v) is 2.98. The summed E-state index contributed by atoms with van der Waals surface area (Å²) < 4.78 is 4.62. The van der Waals surface area contributed by atoms with Gasteiger partial charge in [-0.15, -0.1) is 0 Å². The van der Waals surface area contributed by atoms with Crippen molar-refractivity contribution in [1.82, 2.24) is 15.6 Å². The topological polar surface area (TPSA) is 80.3 Å². The molecule has 0 atom stereocenters. The predicted octanol–water partition coefficient (Wildman–Crippen LogP) is 1.87. The molecule has 0 radical (unpaired) electrons. The molecule has 0 aliphatic rings. The molecule has 0 aliphatic heterocycles. The molecule has 6 nitrogen and oxygen atoms in total. The second-order valence-electron chi connectivity index (χ2n) is 4.55. The van der Waals surface area contributed by atoms with Gasteiger partial charge in [-0.05, 0) is 29.8 Å². The lowest BCUT2D eigenvalue weighted by Crippen LogP contribution is -2.34. The average molecular weight is 299 g/mol. The van der Waals surface area contributed by atoms with Gasteiger partial charge in [0, 0.05) is 12.7 Å². The van der Waals surface area contributed by atoms with Crippen LogP contribution in [0.1, 0.15) is 21.6 Å². The normalized spacial score (nSPS) is 9.86. The highest BCUT2D eigenvalue weighted by Crippen LogP contribution is 2.05. The SMILES string of the molecule is COC(=O)c1ccc(CNC(=O)NCc2ccccn2)cc1. The minimum absolute atomic E-state index is 0.275. The molecule has 2 aromatic rings. The van der Waals surface area contributed by atoms with Gasteiger partial charge in [-0.2, -0.15) is 0 Å². The molecule has 0 fully saturated rings. The fourth-order valence-corrected chi connectivity index (χ4v) is 1.79. The van der Waals surface area contributed by atoms with Crippen LogP contribution in [0, 0.1) is 0 Å². The van der Waals surface area contributed by atoms with Crippen molar-refractivity contribution in [3.8, 4) is 0 Å². The summed E-state index contributed by atoms with van der Waals surface area (Å²) in [5, 5.41) is 5.46. The first-order chi connectivity index (χ1) is 10.7. The molecule has 2 N–H and O–H groups in total. The number of esters is 1. The monoisotopic (exact) mass is 299 g/mol. The van der Waals surface area contributed by atoms with E-state index in [0.29, 0.717) is 18.7 Å². The predicted molar refractivity (Wildman–Crippen MR) is 81.1 cm³/mol. The first-order valence-corrected chi connectivity index (χ1v) is 6.78. The Morgan fingerprint density at radius 3 is 2.41 bits per heavy atom. The molecule has 0 unspecified atom stereocenters. The number of pyridine rings is 1. The van der Waals surface area contributed by atoms with Gasteiger partial charge in [0.2, 0.25) is 0 Å². The number of methoxy groups -OCH3 is 1. The second-order valence-corrected chi connectivity index (χ2v) is 4.55. The van der Waals surface area contributed by atoms with Crippen molar-refractivity contribution in [2.45, 2.75) is 13.1 Å². The Bertz CT molecular complexity index is 627. The number of carbonyl (C=O) groups is 2. The fourth-order valence-electron chi connectivity index (χ4n) is 1.79. The number of benzene rings is 1. The molecule has 0 bridgehead atoms. The molecule has 0 saturated heterocycles. The van der Waals surface area contributed by atoms with Crippen molar-refractivity contribution in [2.24, 2.45) is 0 Å². The summed E-state index contributed by atoms with van der Waals surface area (Å²) in [6.45, 7) is 0.740. The quantitative estimate of drug-likeness (QED) is 0.826. The Morgan fingerprint density at radius 2 is 1.77 bits per heavy atom. The molecular weight excluding hydrogens is 282 g/mol. The van der Waals surface area contributed by atoms with Crippen LogP contribution in [-0.2, 0) is 17.8 Å². The molecule has 1 aromatic heterocycles. The molecule has 2 rings (SSSR count). The number of hydrogen-bond donors (Lipinski definition) is 2. The van der Waals surface area contributed by atoms with Gasteiger partial charge in [0.05, 0.1) is 24.9 Å². The molecule has 114 valence electrons. The van der Waals surface area contributed by atoms with Crippen LogP contribution in [0.15, 0.2) is 48.7 Å². The minimum atomic E-state index is -0.382. The number of hydrogen-bond acceptors (Lipinski definition) is 4. The van der Waals surface area contributed by atoms with Crippen molar-refractivity contribution in [1.29, 1.82) is 0 Å². The maximum atomic E-state index is 11.7. The Hall–Kier alpha value is -2.89. The van der Waals surface area contributed by atoms with Gasteiger partial charge in [-0.25, -0.2) is 9.59 Å². The number of nitrogens with one attached hydrogen (secondary N) is 2. The highest BCUT2D eigenvalue weighted by Gasteiger charge is 2.05. The van der Waals surface area contributed by atoms with Crippen molar-refractivity contribution >= 4 is 12.0 Å². The summed E-state index contributed by atoms with van der Waals surface area (Å²) in [5.41, 5.74) is 2.16. The number of aromatic nitrogens is 1. The summed E-state index contributed by atoms with van der Waals surface area (Å²) >= 11 is 0. The maximum absolute atomic E-state index is 11.7. The highest BCUT2D eigenvalue weighted by atomic mass is 16.5. The van der Waals surface area contributed by atoms with Gasteiger partial charge in [0.25, 0.3) is 0 Å². The molecule has 0 saturated carbocycles. The largest absolute Gasteiger partial charge is 0.465 e. The van der Waals surface area contributed by atoms with E-state index in [2.05, 4.69) is 20.4 Å². The van der Waals surface area contributed by atoms with E-state index in [1.165, 1.54) is 7.11 Å². The van der Waals surface area contributed by atoms with E-state index >= 15 is 0 Å². The van der Waals surface area contributed by atoms with Crippen molar-refractivity contribution in [3.63, 3.8) is 0 Å². The van der Waals surface area contributed by atoms with Gasteiger partial charge in [0.15, 0.2) is 0 Å². The van der Waals surface area contributed by atoms with E-state index in [-0.39, 0.29) is 12.0 Å².